The first-order valence-electron chi connectivity index (χ1n) is 12.5. The van der Waals surface area contributed by atoms with Crippen molar-refractivity contribution >= 4 is 16.8 Å². The van der Waals surface area contributed by atoms with Gasteiger partial charge in [-0.05, 0) is 74.4 Å². The highest BCUT2D eigenvalue weighted by molar-refractivity contribution is 5.98. The Morgan fingerprint density at radius 2 is 1.82 bits per heavy atom. The smallest absolute Gasteiger partial charge is 0.253 e. The van der Waals surface area contributed by atoms with E-state index in [1.807, 2.05) is 53.7 Å². The Hall–Kier alpha value is -2.86. The zero-order valence-electron chi connectivity index (χ0n) is 19.2. The SMILES string of the molecule is O=C(c1ccc2c(ccn2-c2ccc(OC3CCN(CC4CCC4)CC3)cn2)c1)N1CCC1. The third kappa shape index (κ3) is 4.24. The Morgan fingerprint density at radius 3 is 2.48 bits per heavy atom. The molecule has 2 saturated heterocycles. The molecule has 2 aromatic heterocycles. The summed E-state index contributed by atoms with van der Waals surface area (Å²) in [6.07, 6.45) is 11.7. The van der Waals surface area contributed by atoms with Gasteiger partial charge in [-0.2, -0.15) is 0 Å². The zero-order chi connectivity index (χ0) is 22.2. The second-order valence-corrected chi connectivity index (χ2v) is 9.87. The van der Waals surface area contributed by atoms with E-state index in [0.717, 1.165) is 79.4 Å². The molecule has 1 amide bonds. The molecule has 0 spiro atoms. The van der Waals surface area contributed by atoms with Crippen molar-refractivity contribution in [2.45, 2.75) is 44.6 Å². The average Bonchev–Trinajstić information content (AvgIpc) is 3.20. The monoisotopic (exact) mass is 444 g/mol. The number of aromatic nitrogens is 2. The van der Waals surface area contributed by atoms with Crippen molar-refractivity contribution in [3.63, 3.8) is 0 Å². The van der Waals surface area contributed by atoms with Gasteiger partial charge in [0, 0.05) is 49.9 Å². The molecule has 0 N–H and O–H groups in total. The number of hydrogen-bond acceptors (Lipinski definition) is 4. The van der Waals surface area contributed by atoms with Crippen LogP contribution in [0.25, 0.3) is 16.7 Å². The van der Waals surface area contributed by atoms with Gasteiger partial charge >= 0.3 is 0 Å². The molecule has 3 aromatic rings. The molecule has 1 saturated carbocycles. The Morgan fingerprint density at radius 1 is 0.970 bits per heavy atom. The minimum absolute atomic E-state index is 0.129. The molecule has 6 nitrogen and oxygen atoms in total. The van der Waals surface area contributed by atoms with Gasteiger partial charge in [0.05, 0.1) is 11.7 Å². The van der Waals surface area contributed by atoms with Crippen LogP contribution in [0.2, 0.25) is 0 Å². The molecule has 1 aliphatic carbocycles. The molecule has 0 bridgehead atoms. The minimum atomic E-state index is 0.129. The lowest BCUT2D eigenvalue weighted by atomic mass is 9.85. The van der Waals surface area contributed by atoms with E-state index in [1.54, 1.807) is 0 Å². The van der Waals surface area contributed by atoms with Crippen LogP contribution in [0.4, 0.5) is 0 Å². The van der Waals surface area contributed by atoms with Crippen molar-refractivity contribution in [2.75, 3.05) is 32.7 Å². The number of piperidine rings is 1. The molecule has 2 aliphatic heterocycles. The number of carbonyl (C=O) groups excluding carboxylic acids is 1. The van der Waals surface area contributed by atoms with Crippen molar-refractivity contribution in [1.82, 2.24) is 19.4 Å². The molecule has 6 rings (SSSR count). The highest BCUT2D eigenvalue weighted by Crippen LogP contribution is 2.29. The lowest BCUT2D eigenvalue weighted by Gasteiger charge is -2.36. The van der Waals surface area contributed by atoms with E-state index in [9.17, 15) is 4.79 Å². The zero-order valence-corrected chi connectivity index (χ0v) is 19.2. The summed E-state index contributed by atoms with van der Waals surface area (Å²) in [6, 6.07) is 12.0. The van der Waals surface area contributed by atoms with E-state index in [0.29, 0.717) is 0 Å². The summed E-state index contributed by atoms with van der Waals surface area (Å²) >= 11 is 0. The first-order chi connectivity index (χ1) is 16.2. The van der Waals surface area contributed by atoms with Crippen LogP contribution in [0.1, 0.15) is 48.9 Å². The summed E-state index contributed by atoms with van der Waals surface area (Å²) in [6.45, 7) is 5.31. The number of nitrogens with zero attached hydrogens (tertiary/aromatic N) is 4. The van der Waals surface area contributed by atoms with Gasteiger partial charge in [0.1, 0.15) is 17.7 Å². The standard InChI is InChI=1S/C27H32N4O2/c32-27(30-12-2-13-30)22-5-7-25-21(17-22)9-16-31(25)26-8-6-24(18-28-26)33-23-10-14-29(15-11-23)19-20-3-1-4-20/h5-9,16-18,20,23H,1-4,10-15,19H2. The third-order valence-corrected chi connectivity index (χ3v) is 7.63. The van der Waals surface area contributed by atoms with Crippen LogP contribution in [-0.2, 0) is 0 Å². The van der Waals surface area contributed by atoms with Crippen molar-refractivity contribution in [1.29, 1.82) is 0 Å². The first kappa shape index (κ1) is 20.7. The van der Waals surface area contributed by atoms with Crippen LogP contribution in [0.15, 0.2) is 48.8 Å². The Kier molecular flexibility index (Phi) is 5.54. The Balaban J connectivity index is 1.09. The fourth-order valence-corrected chi connectivity index (χ4v) is 5.20. The highest BCUT2D eigenvalue weighted by Gasteiger charge is 2.25. The molecule has 33 heavy (non-hydrogen) atoms. The number of fused-ring (bicyclic) bond motifs is 1. The van der Waals surface area contributed by atoms with E-state index in [2.05, 4.69) is 14.5 Å². The van der Waals surface area contributed by atoms with Crippen molar-refractivity contribution < 1.29 is 9.53 Å². The molecule has 0 unspecified atom stereocenters. The molecule has 6 heteroatoms. The van der Waals surface area contributed by atoms with Crippen LogP contribution < -0.4 is 4.74 Å². The fourth-order valence-electron chi connectivity index (χ4n) is 5.20. The van der Waals surface area contributed by atoms with Crippen molar-refractivity contribution in [3.05, 3.63) is 54.4 Å². The van der Waals surface area contributed by atoms with Gasteiger partial charge in [0.15, 0.2) is 0 Å². The molecule has 1 aromatic carbocycles. The van der Waals surface area contributed by atoms with E-state index >= 15 is 0 Å². The second-order valence-electron chi connectivity index (χ2n) is 9.87. The molecule has 3 fully saturated rings. The second kappa shape index (κ2) is 8.82. The van der Waals surface area contributed by atoms with E-state index in [4.69, 9.17) is 4.74 Å². The summed E-state index contributed by atoms with van der Waals surface area (Å²) in [5.41, 5.74) is 1.81. The topological polar surface area (TPSA) is 50.6 Å². The number of amides is 1. The summed E-state index contributed by atoms with van der Waals surface area (Å²) < 4.78 is 8.31. The van der Waals surface area contributed by atoms with Crippen molar-refractivity contribution in [2.24, 2.45) is 5.92 Å². The number of ether oxygens (including phenoxy) is 1. The third-order valence-electron chi connectivity index (χ3n) is 7.63. The predicted molar refractivity (Wildman–Crippen MR) is 129 cm³/mol. The van der Waals surface area contributed by atoms with Crippen LogP contribution >= 0.6 is 0 Å². The van der Waals surface area contributed by atoms with Crippen LogP contribution in [0, 0.1) is 5.92 Å². The normalized spacial score (nSPS) is 19.9. The maximum absolute atomic E-state index is 12.5. The number of benzene rings is 1. The number of hydrogen-bond donors (Lipinski definition) is 0. The molecule has 3 aliphatic rings. The molecule has 172 valence electrons. The fraction of sp³-hybridized carbons (Fsp3) is 0.481. The van der Waals surface area contributed by atoms with Gasteiger partial charge in [-0.15, -0.1) is 0 Å². The lowest BCUT2D eigenvalue weighted by Crippen LogP contribution is -2.41. The number of likely N-dealkylation sites (tertiary alicyclic amines) is 2. The summed E-state index contributed by atoms with van der Waals surface area (Å²) in [5, 5.41) is 1.05. The summed E-state index contributed by atoms with van der Waals surface area (Å²) in [5.74, 6) is 2.77. The van der Waals surface area contributed by atoms with Crippen molar-refractivity contribution in [3.8, 4) is 11.6 Å². The maximum atomic E-state index is 12.5. The van der Waals surface area contributed by atoms with Crippen LogP contribution in [-0.4, -0.2) is 64.1 Å². The lowest BCUT2D eigenvalue weighted by molar-refractivity contribution is 0.0652. The Bertz CT molecular complexity index is 1120. The average molecular weight is 445 g/mol. The summed E-state index contributed by atoms with van der Waals surface area (Å²) in [4.78, 5) is 21.7. The highest BCUT2D eigenvalue weighted by atomic mass is 16.5. The van der Waals surface area contributed by atoms with E-state index in [1.165, 1.54) is 25.8 Å². The van der Waals surface area contributed by atoms with E-state index < -0.39 is 0 Å². The molecule has 4 heterocycles. The van der Waals surface area contributed by atoms with Gasteiger partial charge < -0.3 is 19.1 Å². The Labute approximate surface area is 195 Å². The molecule has 0 atom stereocenters. The van der Waals surface area contributed by atoms with Gasteiger partial charge in [-0.25, -0.2) is 4.98 Å². The molecule has 0 radical (unpaired) electrons. The maximum Gasteiger partial charge on any atom is 0.253 e. The predicted octanol–water partition coefficient (Wildman–Crippen LogP) is 4.51. The largest absolute Gasteiger partial charge is 0.489 e. The van der Waals surface area contributed by atoms with Gasteiger partial charge in [0.25, 0.3) is 5.91 Å². The van der Waals surface area contributed by atoms with Gasteiger partial charge in [-0.3, -0.25) is 4.79 Å². The minimum Gasteiger partial charge on any atom is -0.489 e. The van der Waals surface area contributed by atoms with Crippen LogP contribution in [0.3, 0.4) is 0 Å². The first-order valence-corrected chi connectivity index (χ1v) is 12.5. The summed E-state index contributed by atoms with van der Waals surface area (Å²) in [7, 11) is 0. The molecular formula is C27H32N4O2. The number of rotatable bonds is 6. The van der Waals surface area contributed by atoms with E-state index in [-0.39, 0.29) is 12.0 Å². The number of pyridine rings is 1. The molecular weight excluding hydrogens is 412 g/mol. The quantitative estimate of drug-likeness (QED) is 0.561. The van der Waals surface area contributed by atoms with Gasteiger partial charge in [0.2, 0.25) is 0 Å². The van der Waals surface area contributed by atoms with Crippen LogP contribution in [0.5, 0.6) is 5.75 Å². The van der Waals surface area contributed by atoms with Gasteiger partial charge in [-0.1, -0.05) is 6.42 Å². The number of carbonyl (C=O) groups is 1.